The molecule has 0 radical (unpaired) electrons. The van der Waals surface area contributed by atoms with Crippen molar-refractivity contribution in [3.63, 3.8) is 0 Å². The van der Waals surface area contributed by atoms with Crippen molar-refractivity contribution in [3.8, 4) is 5.75 Å². The number of benzene rings is 2. The van der Waals surface area contributed by atoms with E-state index in [2.05, 4.69) is 27.9 Å². The maximum Gasteiger partial charge on any atom is 0.307 e. The molecule has 0 saturated heterocycles. The molecule has 0 unspecified atom stereocenters. The highest BCUT2D eigenvalue weighted by molar-refractivity contribution is 5.93. The lowest BCUT2D eigenvalue weighted by molar-refractivity contribution is -0.145. The number of ether oxygens (including phenoxy) is 1. The Kier molecular flexibility index (Phi) is 19.6. The molecule has 2 rings (SSSR count). The Labute approximate surface area is 296 Å². The van der Waals surface area contributed by atoms with Gasteiger partial charge in [0.1, 0.15) is 17.8 Å². The number of nitrogens with one attached hydrogen (secondary N) is 3. The van der Waals surface area contributed by atoms with Crippen molar-refractivity contribution >= 4 is 29.7 Å². The summed E-state index contributed by atoms with van der Waals surface area (Å²) in [6, 6.07) is 13.2. The summed E-state index contributed by atoms with van der Waals surface area (Å²) in [4.78, 5) is 58.8. The molecule has 0 heterocycles. The number of likely N-dealkylation sites (N-methyl/N-ethyl adjacent to an activating group) is 2. The third kappa shape index (κ3) is 16.6. The SMILES string of the molecule is CCCCCCCCOC(=O)CCN(C)C(=O)[C@H](Cc1ccccc1)NC(=O)[C@@H](CCCN=C(N)N)NC(=O)[C@H](Cc1ccc(O)cc1)NC. The lowest BCUT2D eigenvalue weighted by atomic mass is 10.0. The fourth-order valence-electron chi connectivity index (χ4n) is 5.34. The van der Waals surface area contributed by atoms with E-state index >= 15 is 0 Å². The largest absolute Gasteiger partial charge is 0.508 e. The summed E-state index contributed by atoms with van der Waals surface area (Å²) in [6.45, 7) is 2.89. The van der Waals surface area contributed by atoms with Crippen molar-refractivity contribution in [2.45, 2.75) is 95.7 Å². The molecule has 3 amide bonds. The standard InChI is InChI=1S/C37H57N7O6/c1-4-5-6-7-8-12-24-50-33(46)21-23-44(3)36(49)32(26-27-14-10-9-11-15-27)43-34(47)30(16-13-22-41-37(38)39)42-35(48)31(40-2)25-28-17-19-29(45)20-18-28/h9-11,14-15,17-20,30-32,40,45H,4-8,12-13,16,21-26H2,1-3H3,(H,42,48)(H,43,47)(H4,38,39,41)/t30-,31+,32+/m1/s1. The fourth-order valence-corrected chi connectivity index (χ4v) is 5.34. The molecule has 3 atom stereocenters. The Morgan fingerprint density at radius 1 is 0.820 bits per heavy atom. The van der Waals surface area contributed by atoms with Gasteiger partial charge in [-0.2, -0.15) is 0 Å². The first-order valence-corrected chi connectivity index (χ1v) is 17.6. The van der Waals surface area contributed by atoms with Crippen LogP contribution in [0.15, 0.2) is 59.6 Å². The van der Waals surface area contributed by atoms with Crippen LogP contribution in [0.4, 0.5) is 0 Å². The summed E-state index contributed by atoms with van der Waals surface area (Å²) >= 11 is 0. The second-order valence-electron chi connectivity index (χ2n) is 12.5. The number of rotatable bonds is 24. The van der Waals surface area contributed by atoms with Crippen LogP contribution in [0.5, 0.6) is 5.75 Å². The van der Waals surface area contributed by atoms with Crippen LogP contribution in [0.1, 0.15) is 75.8 Å². The Hall–Kier alpha value is -4.65. The highest BCUT2D eigenvalue weighted by atomic mass is 16.5. The van der Waals surface area contributed by atoms with Gasteiger partial charge >= 0.3 is 5.97 Å². The van der Waals surface area contributed by atoms with E-state index in [9.17, 15) is 24.3 Å². The number of unbranched alkanes of at least 4 members (excludes halogenated alkanes) is 5. The molecule has 0 aromatic heterocycles. The normalized spacial score (nSPS) is 12.6. The molecule has 8 N–H and O–H groups in total. The number of esters is 1. The molecule has 2 aromatic carbocycles. The molecule has 0 fully saturated rings. The van der Waals surface area contributed by atoms with Crippen LogP contribution >= 0.6 is 0 Å². The Balaban J connectivity index is 2.12. The summed E-state index contributed by atoms with van der Waals surface area (Å²) in [5.74, 6) is -1.67. The average molecular weight is 696 g/mol. The van der Waals surface area contributed by atoms with Gasteiger partial charge in [0.15, 0.2) is 5.96 Å². The third-order valence-electron chi connectivity index (χ3n) is 8.31. The van der Waals surface area contributed by atoms with Gasteiger partial charge in [0, 0.05) is 26.6 Å². The van der Waals surface area contributed by atoms with Crippen molar-refractivity contribution < 1.29 is 29.0 Å². The zero-order valence-electron chi connectivity index (χ0n) is 29.9. The molecule has 0 aliphatic heterocycles. The molecule has 276 valence electrons. The van der Waals surface area contributed by atoms with Crippen LogP contribution in [0.25, 0.3) is 0 Å². The minimum atomic E-state index is -0.999. The minimum Gasteiger partial charge on any atom is -0.508 e. The highest BCUT2D eigenvalue weighted by Gasteiger charge is 2.30. The molecule has 0 saturated carbocycles. The molecule has 13 nitrogen and oxygen atoms in total. The van der Waals surface area contributed by atoms with Gasteiger partial charge in [-0.3, -0.25) is 24.2 Å². The second-order valence-corrected chi connectivity index (χ2v) is 12.5. The maximum atomic E-state index is 13.8. The second kappa shape index (κ2) is 23.7. The number of carbonyl (C=O) groups excluding carboxylic acids is 4. The molecule has 0 spiro atoms. The highest BCUT2D eigenvalue weighted by Crippen LogP contribution is 2.13. The van der Waals surface area contributed by atoms with Crippen molar-refractivity contribution in [3.05, 3.63) is 65.7 Å². The average Bonchev–Trinajstić information content (AvgIpc) is 3.10. The number of hydrogen-bond acceptors (Lipinski definition) is 8. The van der Waals surface area contributed by atoms with E-state index in [1.807, 2.05) is 30.3 Å². The number of amides is 3. The van der Waals surface area contributed by atoms with Crippen LogP contribution in [0.3, 0.4) is 0 Å². The zero-order chi connectivity index (χ0) is 36.7. The van der Waals surface area contributed by atoms with Crippen LogP contribution in [0.2, 0.25) is 0 Å². The molecule has 0 aliphatic carbocycles. The smallest absolute Gasteiger partial charge is 0.307 e. The van der Waals surface area contributed by atoms with Crippen LogP contribution in [-0.2, 0) is 36.8 Å². The van der Waals surface area contributed by atoms with Crippen LogP contribution in [-0.4, -0.2) is 91.6 Å². The van der Waals surface area contributed by atoms with Crippen LogP contribution < -0.4 is 27.4 Å². The van der Waals surface area contributed by atoms with E-state index in [-0.39, 0.29) is 55.9 Å². The summed E-state index contributed by atoms with van der Waals surface area (Å²) in [5, 5.41) is 18.3. The number of phenolic OH excluding ortho intramolecular Hbond substituents is 1. The number of nitrogens with two attached hydrogens (primary N) is 2. The van der Waals surface area contributed by atoms with Crippen molar-refractivity contribution in [2.24, 2.45) is 16.5 Å². The van der Waals surface area contributed by atoms with Crippen molar-refractivity contribution in [2.75, 3.05) is 33.8 Å². The number of aliphatic imine (C=N–C) groups is 1. The first-order chi connectivity index (χ1) is 24.0. The van der Waals surface area contributed by atoms with Gasteiger partial charge in [-0.25, -0.2) is 0 Å². The summed E-state index contributed by atoms with van der Waals surface area (Å²) in [7, 11) is 3.23. The fraction of sp³-hybridized carbons (Fsp3) is 0.541. The predicted octanol–water partition coefficient (Wildman–Crippen LogP) is 2.54. The number of hydrogen-bond donors (Lipinski definition) is 6. The van der Waals surface area contributed by atoms with Gasteiger partial charge in [0.05, 0.1) is 19.1 Å². The number of carbonyl (C=O) groups is 4. The van der Waals surface area contributed by atoms with Gasteiger partial charge in [-0.05, 0) is 56.0 Å². The Morgan fingerprint density at radius 3 is 2.08 bits per heavy atom. The summed E-state index contributed by atoms with van der Waals surface area (Å²) in [6.07, 6.45) is 7.64. The van der Waals surface area contributed by atoms with Crippen molar-refractivity contribution in [1.29, 1.82) is 0 Å². The number of phenols is 1. The van der Waals surface area contributed by atoms with Gasteiger partial charge < -0.3 is 42.2 Å². The topological polar surface area (TPSA) is 201 Å². The summed E-state index contributed by atoms with van der Waals surface area (Å²) < 4.78 is 5.37. The maximum absolute atomic E-state index is 13.8. The zero-order valence-corrected chi connectivity index (χ0v) is 29.9. The van der Waals surface area contributed by atoms with E-state index in [0.717, 1.165) is 30.4 Å². The minimum absolute atomic E-state index is 0.0278. The molecule has 0 aliphatic rings. The van der Waals surface area contributed by atoms with E-state index in [4.69, 9.17) is 16.2 Å². The Bertz CT molecular complexity index is 1340. The van der Waals surface area contributed by atoms with E-state index < -0.39 is 29.9 Å². The van der Waals surface area contributed by atoms with Gasteiger partial charge in [0.2, 0.25) is 17.7 Å². The number of aromatic hydroxyl groups is 1. The molecule has 13 heteroatoms. The molecule has 2 aromatic rings. The number of guanidine groups is 1. The van der Waals surface area contributed by atoms with E-state index in [0.29, 0.717) is 19.4 Å². The molecule has 0 bridgehead atoms. The van der Waals surface area contributed by atoms with Gasteiger partial charge in [-0.1, -0.05) is 81.5 Å². The number of nitrogens with zero attached hydrogens (tertiary/aromatic N) is 2. The van der Waals surface area contributed by atoms with Crippen LogP contribution in [0, 0.1) is 0 Å². The predicted molar refractivity (Wildman–Crippen MR) is 195 cm³/mol. The lowest BCUT2D eigenvalue weighted by Gasteiger charge is -2.27. The van der Waals surface area contributed by atoms with E-state index in [1.54, 1.807) is 38.4 Å². The monoisotopic (exact) mass is 695 g/mol. The van der Waals surface area contributed by atoms with E-state index in [1.165, 1.54) is 24.2 Å². The van der Waals surface area contributed by atoms with Gasteiger partial charge in [-0.15, -0.1) is 0 Å². The first kappa shape index (κ1) is 41.5. The van der Waals surface area contributed by atoms with Crippen molar-refractivity contribution in [1.82, 2.24) is 20.9 Å². The summed E-state index contributed by atoms with van der Waals surface area (Å²) in [5.41, 5.74) is 12.6. The first-order valence-electron chi connectivity index (χ1n) is 17.6. The third-order valence-corrected chi connectivity index (χ3v) is 8.31. The Morgan fingerprint density at radius 2 is 1.42 bits per heavy atom. The lowest BCUT2D eigenvalue weighted by Crippen LogP contribution is -2.57. The molecule has 50 heavy (non-hydrogen) atoms. The molecular weight excluding hydrogens is 638 g/mol. The molecular formula is C37H57N7O6. The quantitative estimate of drug-likeness (QED) is 0.0413. The van der Waals surface area contributed by atoms with Gasteiger partial charge in [0.25, 0.3) is 0 Å².